The van der Waals surface area contributed by atoms with Gasteiger partial charge < -0.3 is 4.74 Å². The van der Waals surface area contributed by atoms with E-state index in [2.05, 4.69) is 0 Å². The van der Waals surface area contributed by atoms with Gasteiger partial charge in [0, 0.05) is 5.92 Å². The molecule has 1 aromatic carbocycles. The van der Waals surface area contributed by atoms with Crippen molar-refractivity contribution in [3.05, 3.63) is 29.8 Å². The van der Waals surface area contributed by atoms with Crippen LogP contribution in [0.25, 0.3) is 0 Å². The molecule has 0 aromatic heterocycles. The highest BCUT2D eigenvalue weighted by Crippen LogP contribution is 2.40. The Balaban J connectivity index is 3.17. The largest absolute Gasteiger partial charge is 0.496 e. The van der Waals surface area contributed by atoms with Crippen LogP contribution in [0.4, 0.5) is 8.78 Å². The van der Waals surface area contributed by atoms with Crippen LogP contribution in [0.5, 0.6) is 5.75 Å². The van der Waals surface area contributed by atoms with Crippen molar-refractivity contribution in [3.63, 3.8) is 0 Å². The van der Waals surface area contributed by atoms with E-state index in [-0.39, 0.29) is 11.3 Å². The number of hydrogen-bond donors (Lipinski definition) is 0. The minimum absolute atomic E-state index is 0.0440. The van der Waals surface area contributed by atoms with Crippen molar-refractivity contribution in [1.29, 1.82) is 0 Å². The van der Waals surface area contributed by atoms with Crippen LogP contribution < -0.4 is 4.74 Å². The highest BCUT2D eigenvalue weighted by Gasteiger charge is 2.37. The molecule has 1 aromatic rings. The van der Waals surface area contributed by atoms with Gasteiger partial charge in [0.15, 0.2) is 0 Å². The van der Waals surface area contributed by atoms with Gasteiger partial charge >= 0.3 is 0 Å². The molecule has 14 heavy (non-hydrogen) atoms. The molecule has 78 valence electrons. The molecule has 0 aliphatic carbocycles. The van der Waals surface area contributed by atoms with E-state index in [0.717, 1.165) is 0 Å². The predicted octanol–water partition coefficient (Wildman–Crippen LogP) is 3.44. The van der Waals surface area contributed by atoms with Crippen molar-refractivity contribution in [1.82, 2.24) is 0 Å². The summed E-state index contributed by atoms with van der Waals surface area (Å²) in [5.41, 5.74) is -0.0440. The fourth-order valence-corrected chi connectivity index (χ4v) is 1.23. The minimum Gasteiger partial charge on any atom is -0.496 e. The molecular weight excluding hydrogens is 186 g/mol. The maximum atomic E-state index is 13.6. The molecule has 0 amide bonds. The van der Waals surface area contributed by atoms with Gasteiger partial charge in [0.2, 0.25) is 0 Å². The molecule has 0 spiro atoms. The third-order valence-corrected chi connectivity index (χ3v) is 2.19. The summed E-state index contributed by atoms with van der Waals surface area (Å²) in [6, 6.07) is 6.22. The topological polar surface area (TPSA) is 9.23 Å². The Morgan fingerprint density at radius 2 is 1.79 bits per heavy atom. The highest BCUT2D eigenvalue weighted by atomic mass is 19.3. The number of hydrogen-bond acceptors (Lipinski definition) is 1. The molecule has 0 unspecified atom stereocenters. The lowest BCUT2D eigenvalue weighted by Gasteiger charge is -2.22. The quantitative estimate of drug-likeness (QED) is 0.726. The Kier molecular flexibility index (Phi) is 3.09. The normalized spacial score (nSPS) is 11.9. The smallest absolute Gasteiger partial charge is 0.279 e. The van der Waals surface area contributed by atoms with Crippen LogP contribution in [0.3, 0.4) is 0 Å². The second kappa shape index (κ2) is 3.95. The summed E-state index contributed by atoms with van der Waals surface area (Å²) in [4.78, 5) is 0. The lowest BCUT2D eigenvalue weighted by atomic mass is 9.97. The van der Waals surface area contributed by atoms with Crippen LogP contribution in [-0.2, 0) is 5.92 Å². The molecule has 0 fully saturated rings. The summed E-state index contributed by atoms with van der Waals surface area (Å²) in [6.45, 7) is 2.98. The number of ether oxygens (including phenoxy) is 1. The molecule has 0 saturated carbocycles. The Bertz CT molecular complexity index is 308. The molecule has 0 aliphatic rings. The van der Waals surface area contributed by atoms with E-state index in [1.807, 2.05) is 0 Å². The first kappa shape index (κ1) is 11.0. The zero-order valence-electron chi connectivity index (χ0n) is 8.55. The first-order valence-corrected chi connectivity index (χ1v) is 4.51. The fourth-order valence-electron chi connectivity index (χ4n) is 1.23. The van der Waals surface area contributed by atoms with Crippen LogP contribution in [0, 0.1) is 5.92 Å². The van der Waals surface area contributed by atoms with Crippen molar-refractivity contribution < 1.29 is 13.5 Å². The van der Waals surface area contributed by atoms with Gasteiger partial charge in [-0.15, -0.1) is 0 Å². The lowest BCUT2D eigenvalue weighted by Crippen LogP contribution is -2.21. The van der Waals surface area contributed by atoms with Crippen molar-refractivity contribution >= 4 is 0 Å². The molecule has 0 saturated heterocycles. The molecule has 0 heterocycles. The van der Waals surface area contributed by atoms with Crippen molar-refractivity contribution in [2.75, 3.05) is 7.11 Å². The maximum Gasteiger partial charge on any atom is 0.279 e. The van der Waals surface area contributed by atoms with Crippen molar-refractivity contribution in [3.8, 4) is 5.75 Å². The van der Waals surface area contributed by atoms with E-state index < -0.39 is 11.8 Å². The minimum atomic E-state index is -2.84. The summed E-state index contributed by atoms with van der Waals surface area (Å²) < 4.78 is 32.2. The van der Waals surface area contributed by atoms with Gasteiger partial charge in [0.1, 0.15) is 5.75 Å². The van der Waals surface area contributed by atoms with Gasteiger partial charge in [-0.1, -0.05) is 26.0 Å². The molecule has 3 heteroatoms. The van der Waals surface area contributed by atoms with E-state index in [0.29, 0.717) is 0 Å². The van der Waals surface area contributed by atoms with E-state index in [9.17, 15) is 8.78 Å². The van der Waals surface area contributed by atoms with Gasteiger partial charge in [0.05, 0.1) is 12.7 Å². The number of methoxy groups -OCH3 is 1. The fraction of sp³-hybridized carbons (Fsp3) is 0.455. The summed E-state index contributed by atoms with van der Waals surface area (Å²) in [5, 5.41) is 0. The van der Waals surface area contributed by atoms with E-state index in [1.54, 1.807) is 18.2 Å². The zero-order valence-corrected chi connectivity index (χ0v) is 8.55. The van der Waals surface area contributed by atoms with Gasteiger partial charge in [-0.2, -0.15) is 0 Å². The van der Waals surface area contributed by atoms with Gasteiger partial charge in [-0.25, -0.2) is 8.78 Å². The predicted molar refractivity (Wildman–Crippen MR) is 51.7 cm³/mol. The van der Waals surface area contributed by atoms with Crippen LogP contribution in [0.15, 0.2) is 24.3 Å². The number of para-hydroxylation sites is 1. The third-order valence-electron chi connectivity index (χ3n) is 2.19. The monoisotopic (exact) mass is 200 g/mol. The molecule has 0 atom stereocenters. The zero-order chi connectivity index (χ0) is 10.8. The summed E-state index contributed by atoms with van der Waals surface area (Å²) in [6.07, 6.45) is 0. The van der Waals surface area contributed by atoms with E-state index in [1.165, 1.54) is 27.0 Å². The van der Waals surface area contributed by atoms with Gasteiger partial charge in [-0.05, 0) is 12.1 Å². The summed E-state index contributed by atoms with van der Waals surface area (Å²) >= 11 is 0. The molecule has 1 rings (SSSR count). The molecule has 0 aliphatic heterocycles. The Morgan fingerprint density at radius 1 is 1.21 bits per heavy atom. The maximum absolute atomic E-state index is 13.6. The van der Waals surface area contributed by atoms with Crippen LogP contribution in [-0.4, -0.2) is 7.11 Å². The van der Waals surface area contributed by atoms with Crippen molar-refractivity contribution in [2.45, 2.75) is 19.8 Å². The highest BCUT2D eigenvalue weighted by molar-refractivity contribution is 5.36. The summed E-state index contributed by atoms with van der Waals surface area (Å²) in [7, 11) is 1.40. The number of halogens is 2. The first-order valence-electron chi connectivity index (χ1n) is 4.51. The molecule has 1 nitrogen and oxygen atoms in total. The molecular formula is C11H14F2O. The Morgan fingerprint density at radius 3 is 2.29 bits per heavy atom. The van der Waals surface area contributed by atoms with Gasteiger partial charge in [-0.3, -0.25) is 0 Å². The van der Waals surface area contributed by atoms with Crippen LogP contribution in [0.1, 0.15) is 19.4 Å². The SMILES string of the molecule is COc1ccccc1C(F)(F)C(C)C. The van der Waals surface area contributed by atoms with Crippen LogP contribution >= 0.6 is 0 Å². The molecule has 0 radical (unpaired) electrons. The summed E-state index contributed by atoms with van der Waals surface area (Å²) in [5.74, 6) is -3.34. The third kappa shape index (κ3) is 1.86. The van der Waals surface area contributed by atoms with Gasteiger partial charge in [0.25, 0.3) is 5.92 Å². The van der Waals surface area contributed by atoms with E-state index >= 15 is 0 Å². The lowest BCUT2D eigenvalue weighted by molar-refractivity contribution is -0.0530. The van der Waals surface area contributed by atoms with Crippen molar-refractivity contribution in [2.24, 2.45) is 5.92 Å². The van der Waals surface area contributed by atoms with Crippen LogP contribution in [0.2, 0.25) is 0 Å². The average molecular weight is 200 g/mol. The Labute approximate surface area is 82.7 Å². The Hall–Kier alpha value is -1.12. The second-order valence-corrected chi connectivity index (χ2v) is 3.48. The van der Waals surface area contributed by atoms with E-state index in [4.69, 9.17) is 4.74 Å². The standard InChI is InChI=1S/C11H14F2O/c1-8(2)11(12,13)9-6-4-5-7-10(9)14-3/h4-8H,1-3H3. The first-order chi connectivity index (χ1) is 6.50. The molecule has 0 N–H and O–H groups in total. The number of alkyl halides is 2. The second-order valence-electron chi connectivity index (χ2n) is 3.48. The number of benzene rings is 1. The molecule has 0 bridgehead atoms. The average Bonchev–Trinajstić information content (AvgIpc) is 2.17. The number of rotatable bonds is 3.